The molecule has 1 amide bonds. The fraction of sp³-hybridized carbons (Fsp3) is 0.917. The molecule has 0 aliphatic carbocycles. The number of piperidine rings is 1. The van der Waals surface area contributed by atoms with E-state index in [0.717, 1.165) is 38.9 Å². The van der Waals surface area contributed by atoms with Crippen molar-refractivity contribution in [3.63, 3.8) is 0 Å². The van der Waals surface area contributed by atoms with Crippen molar-refractivity contribution in [2.24, 2.45) is 11.7 Å². The zero-order valence-corrected chi connectivity index (χ0v) is 10.8. The van der Waals surface area contributed by atoms with Gasteiger partial charge >= 0.3 is 0 Å². The zero-order chi connectivity index (χ0) is 12.7. The Morgan fingerprint density at radius 3 is 2.65 bits per heavy atom. The molecular weight excluding hydrogens is 218 g/mol. The molecule has 0 aromatic carbocycles. The predicted molar refractivity (Wildman–Crippen MR) is 67.6 cm³/mol. The molecule has 0 radical (unpaired) electrons. The van der Waals surface area contributed by atoms with Crippen LogP contribution in [0.1, 0.15) is 19.3 Å². The molecule has 1 aliphatic rings. The maximum atomic E-state index is 11.9. The summed E-state index contributed by atoms with van der Waals surface area (Å²) in [4.78, 5) is 15.8. The van der Waals surface area contributed by atoms with E-state index in [9.17, 15) is 4.79 Å². The van der Waals surface area contributed by atoms with Crippen molar-refractivity contribution in [1.82, 2.24) is 9.80 Å². The van der Waals surface area contributed by atoms with Crippen LogP contribution in [0.15, 0.2) is 0 Å². The molecule has 5 heteroatoms. The lowest BCUT2D eigenvalue weighted by Crippen LogP contribution is -2.43. The summed E-state index contributed by atoms with van der Waals surface area (Å²) in [6, 6.07) is 0. The van der Waals surface area contributed by atoms with E-state index in [1.807, 2.05) is 7.05 Å². The minimum Gasteiger partial charge on any atom is -0.396 e. The van der Waals surface area contributed by atoms with E-state index in [1.54, 1.807) is 4.90 Å². The summed E-state index contributed by atoms with van der Waals surface area (Å²) in [5.41, 5.74) is 5.42. The number of nitrogens with zero attached hydrogens (tertiary/aromatic N) is 2. The van der Waals surface area contributed by atoms with Crippen LogP contribution in [-0.2, 0) is 4.79 Å². The van der Waals surface area contributed by atoms with Gasteiger partial charge in [-0.3, -0.25) is 9.69 Å². The van der Waals surface area contributed by atoms with Crippen LogP contribution in [0.4, 0.5) is 0 Å². The van der Waals surface area contributed by atoms with Gasteiger partial charge in [0.05, 0.1) is 6.54 Å². The Morgan fingerprint density at radius 1 is 1.47 bits per heavy atom. The van der Waals surface area contributed by atoms with Crippen LogP contribution in [0.5, 0.6) is 0 Å². The van der Waals surface area contributed by atoms with Gasteiger partial charge in [-0.1, -0.05) is 0 Å². The predicted octanol–water partition coefficient (Wildman–Crippen LogP) is -0.502. The minimum atomic E-state index is 0.167. The van der Waals surface area contributed by atoms with Crippen LogP contribution in [0.25, 0.3) is 0 Å². The maximum Gasteiger partial charge on any atom is 0.236 e. The van der Waals surface area contributed by atoms with Crippen molar-refractivity contribution in [2.45, 2.75) is 19.3 Å². The van der Waals surface area contributed by atoms with E-state index < -0.39 is 0 Å². The first-order chi connectivity index (χ1) is 8.17. The van der Waals surface area contributed by atoms with Gasteiger partial charge in [0.25, 0.3) is 0 Å². The van der Waals surface area contributed by atoms with Crippen LogP contribution in [-0.4, -0.2) is 67.2 Å². The average molecular weight is 243 g/mol. The highest BCUT2D eigenvalue weighted by molar-refractivity contribution is 5.77. The molecular formula is C12H25N3O2. The lowest BCUT2D eigenvalue weighted by Gasteiger charge is -2.31. The molecule has 5 nitrogen and oxygen atoms in total. The second-order valence-corrected chi connectivity index (χ2v) is 4.86. The summed E-state index contributed by atoms with van der Waals surface area (Å²) in [6.45, 7) is 3.97. The normalized spacial score (nSPS) is 18.3. The first kappa shape index (κ1) is 14.4. The molecule has 1 aliphatic heterocycles. The molecule has 0 unspecified atom stereocenters. The molecule has 0 saturated carbocycles. The van der Waals surface area contributed by atoms with Gasteiger partial charge in [-0.2, -0.15) is 0 Å². The summed E-state index contributed by atoms with van der Waals surface area (Å²) in [5, 5.41) is 9.04. The molecule has 1 heterocycles. The van der Waals surface area contributed by atoms with Crippen molar-refractivity contribution >= 4 is 5.91 Å². The van der Waals surface area contributed by atoms with Gasteiger partial charge in [0, 0.05) is 20.2 Å². The Kier molecular flexibility index (Phi) is 6.47. The van der Waals surface area contributed by atoms with Gasteiger partial charge in [-0.25, -0.2) is 0 Å². The highest BCUT2D eigenvalue weighted by atomic mass is 16.3. The number of rotatable bonds is 6. The van der Waals surface area contributed by atoms with Crippen LogP contribution >= 0.6 is 0 Å². The second kappa shape index (κ2) is 7.63. The van der Waals surface area contributed by atoms with Crippen LogP contribution < -0.4 is 5.73 Å². The summed E-state index contributed by atoms with van der Waals surface area (Å²) in [7, 11) is 1.83. The largest absolute Gasteiger partial charge is 0.396 e. The first-order valence-corrected chi connectivity index (χ1v) is 6.44. The van der Waals surface area contributed by atoms with Crippen LogP contribution in [0, 0.1) is 5.92 Å². The topological polar surface area (TPSA) is 69.8 Å². The highest BCUT2D eigenvalue weighted by Crippen LogP contribution is 2.15. The lowest BCUT2D eigenvalue weighted by molar-refractivity contribution is -0.131. The summed E-state index contributed by atoms with van der Waals surface area (Å²) >= 11 is 0. The van der Waals surface area contributed by atoms with Gasteiger partial charge in [-0.05, 0) is 44.8 Å². The fourth-order valence-electron chi connectivity index (χ4n) is 2.09. The highest BCUT2D eigenvalue weighted by Gasteiger charge is 2.21. The SMILES string of the molecule is CN(CCCN)C(=O)CN1CCC(CO)CC1. The molecule has 0 aromatic rings. The van der Waals surface area contributed by atoms with E-state index in [1.165, 1.54) is 0 Å². The molecule has 100 valence electrons. The third-order valence-electron chi connectivity index (χ3n) is 3.45. The Labute approximate surface area is 104 Å². The molecule has 0 atom stereocenters. The van der Waals surface area contributed by atoms with E-state index in [2.05, 4.69) is 4.90 Å². The zero-order valence-electron chi connectivity index (χ0n) is 10.8. The number of hydrogen-bond acceptors (Lipinski definition) is 4. The Bertz CT molecular complexity index is 228. The quantitative estimate of drug-likeness (QED) is 0.660. The van der Waals surface area contributed by atoms with Crippen LogP contribution in [0.3, 0.4) is 0 Å². The van der Waals surface area contributed by atoms with Gasteiger partial charge < -0.3 is 15.7 Å². The molecule has 1 rings (SSSR count). The second-order valence-electron chi connectivity index (χ2n) is 4.86. The number of amides is 1. The van der Waals surface area contributed by atoms with E-state index in [0.29, 0.717) is 19.0 Å². The van der Waals surface area contributed by atoms with Gasteiger partial charge in [0.1, 0.15) is 0 Å². The van der Waals surface area contributed by atoms with Crippen molar-refractivity contribution in [2.75, 3.05) is 46.4 Å². The first-order valence-electron chi connectivity index (χ1n) is 6.44. The molecule has 0 bridgehead atoms. The molecule has 0 spiro atoms. The van der Waals surface area contributed by atoms with Crippen molar-refractivity contribution in [3.8, 4) is 0 Å². The van der Waals surface area contributed by atoms with Crippen molar-refractivity contribution in [3.05, 3.63) is 0 Å². The van der Waals surface area contributed by atoms with Gasteiger partial charge in [-0.15, -0.1) is 0 Å². The number of hydrogen-bond donors (Lipinski definition) is 2. The van der Waals surface area contributed by atoms with E-state index in [4.69, 9.17) is 10.8 Å². The Balaban J connectivity index is 2.22. The molecule has 3 N–H and O–H groups in total. The molecule has 0 aromatic heterocycles. The Morgan fingerprint density at radius 2 is 2.12 bits per heavy atom. The number of aliphatic hydroxyl groups is 1. The minimum absolute atomic E-state index is 0.167. The van der Waals surface area contributed by atoms with Crippen LogP contribution in [0.2, 0.25) is 0 Å². The number of carbonyl (C=O) groups excluding carboxylic acids is 1. The summed E-state index contributed by atoms with van der Waals surface area (Å²) in [6.07, 6.45) is 2.85. The van der Waals surface area contributed by atoms with Crippen molar-refractivity contribution < 1.29 is 9.90 Å². The van der Waals surface area contributed by atoms with Gasteiger partial charge in [0.2, 0.25) is 5.91 Å². The number of likely N-dealkylation sites (N-methyl/N-ethyl adjacent to an activating group) is 1. The number of nitrogens with two attached hydrogens (primary N) is 1. The van der Waals surface area contributed by atoms with E-state index in [-0.39, 0.29) is 12.5 Å². The third kappa shape index (κ3) is 5.02. The van der Waals surface area contributed by atoms with E-state index >= 15 is 0 Å². The average Bonchev–Trinajstić information content (AvgIpc) is 2.36. The Hall–Kier alpha value is -0.650. The fourth-order valence-corrected chi connectivity index (χ4v) is 2.09. The monoisotopic (exact) mass is 243 g/mol. The molecule has 1 fully saturated rings. The maximum absolute atomic E-state index is 11.9. The number of carbonyl (C=O) groups is 1. The summed E-state index contributed by atoms with van der Waals surface area (Å²) in [5.74, 6) is 0.595. The molecule has 17 heavy (non-hydrogen) atoms. The summed E-state index contributed by atoms with van der Waals surface area (Å²) < 4.78 is 0. The number of aliphatic hydroxyl groups excluding tert-OH is 1. The number of likely N-dealkylation sites (tertiary alicyclic amines) is 1. The smallest absolute Gasteiger partial charge is 0.236 e. The van der Waals surface area contributed by atoms with Crippen molar-refractivity contribution in [1.29, 1.82) is 0 Å². The molecule has 1 saturated heterocycles. The van der Waals surface area contributed by atoms with Gasteiger partial charge in [0.15, 0.2) is 0 Å². The standard InChI is InChI=1S/C12H25N3O2/c1-14(6-2-5-13)12(17)9-15-7-3-11(10-16)4-8-15/h11,16H,2-10,13H2,1H3. The third-order valence-corrected chi connectivity index (χ3v) is 3.45. The lowest BCUT2D eigenvalue weighted by atomic mass is 9.98.